The fraction of sp³-hybridized carbons (Fsp3) is 0.364. The Hall–Kier alpha value is -3.29. The van der Waals surface area contributed by atoms with Crippen molar-refractivity contribution in [3.63, 3.8) is 0 Å². The van der Waals surface area contributed by atoms with E-state index >= 15 is 0 Å². The smallest absolute Gasteiger partial charge is 0.329 e. The van der Waals surface area contributed by atoms with E-state index in [9.17, 15) is 14.0 Å². The molecule has 0 saturated carbocycles. The number of ether oxygens (including phenoxy) is 4. The third kappa shape index (κ3) is 5.40. The molecule has 1 atom stereocenters. The summed E-state index contributed by atoms with van der Waals surface area (Å²) in [5, 5.41) is 2.55. The zero-order valence-electron chi connectivity index (χ0n) is 17.7. The van der Waals surface area contributed by atoms with Gasteiger partial charge in [-0.1, -0.05) is 26.0 Å². The number of carbonyl (C=O) groups excluding carboxylic acids is 2. The highest BCUT2D eigenvalue weighted by atomic mass is 19.1. The highest BCUT2D eigenvalue weighted by Crippen LogP contribution is 2.38. The van der Waals surface area contributed by atoms with Crippen molar-refractivity contribution >= 4 is 11.9 Å². The van der Waals surface area contributed by atoms with Crippen LogP contribution in [0.2, 0.25) is 0 Å². The van der Waals surface area contributed by atoms with Gasteiger partial charge in [0.1, 0.15) is 18.5 Å². The van der Waals surface area contributed by atoms with Crippen molar-refractivity contribution in [1.82, 2.24) is 5.32 Å². The second-order valence-electron chi connectivity index (χ2n) is 6.82. The summed E-state index contributed by atoms with van der Waals surface area (Å²) in [7, 11) is 4.46. The molecule has 162 valence electrons. The molecule has 0 bridgehead atoms. The molecule has 1 N–H and O–H groups in total. The summed E-state index contributed by atoms with van der Waals surface area (Å²) in [5.74, 6) is -0.976. The minimum atomic E-state index is -0.945. The van der Waals surface area contributed by atoms with Crippen molar-refractivity contribution in [3.05, 3.63) is 53.3 Å². The first-order valence-electron chi connectivity index (χ1n) is 9.33. The Labute approximate surface area is 175 Å². The summed E-state index contributed by atoms with van der Waals surface area (Å²) in [5.41, 5.74) is 0.473. The van der Waals surface area contributed by atoms with Crippen LogP contribution in [0.15, 0.2) is 36.4 Å². The van der Waals surface area contributed by atoms with Gasteiger partial charge in [-0.15, -0.1) is 0 Å². The number of nitrogens with one attached hydrogen (secondary N) is 1. The zero-order valence-corrected chi connectivity index (χ0v) is 17.7. The van der Waals surface area contributed by atoms with E-state index in [1.807, 2.05) is 0 Å². The van der Waals surface area contributed by atoms with E-state index in [0.717, 1.165) is 0 Å². The van der Waals surface area contributed by atoms with E-state index in [1.165, 1.54) is 39.5 Å². The van der Waals surface area contributed by atoms with Crippen LogP contribution >= 0.6 is 0 Å². The molecule has 0 aliphatic carbocycles. The Morgan fingerprint density at radius 2 is 1.60 bits per heavy atom. The Bertz CT molecular complexity index is 874. The van der Waals surface area contributed by atoms with E-state index in [2.05, 4.69) is 5.32 Å². The second kappa shape index (κ2) is 10.5. The van der Waals surface area contributed by atoms with Gasteiger partial charge in [0, 0.05) is 0 Å². The third-order valence-electron chi connectivity index (χ3n) is 4.43. The molecule has 0 aromatic heterocycles. The Kier molecular flexibility index (Phi) is 8.03. The van der Waals surface area contributed by atoms with Crippen LogP contribution in [0.3, 0.4) is 0 Å². The molecule has 0 spiro atoms. The molecule has 0 aliphatic rings. The molecular formula is C22H26FNO6. The van der Waals surface area contributed by atoms with E-state index in [-0.39, 0.29) is 18.1 Å². The Morgan fingerprint density at radius 1 is 1.00 bits per heavy atom. The molecular weight excluding hydrogens is 393 g/mol. The van der Waals surface area contributed by atoms with Crippen LogP contribution in [0, 0.1) is 11.7 Å². The normalized spacial score (nSPS) is 11.6. The van der Waals surface area contributed by atoms with Gasteiger partial charge in [0.15, 0.2) is 11.5 Å². The molecule has 2 rings (SSSR count). The molecule has 2 aromatic rings. The van der Waals surface area contributed by atoms with Crippen LogP contribution in [0.4, 0.5) is 4.39 Å². The van der Waals surface area contributed by atoms with E-state index < -0.39 is 23.7 Å². The highest BCUT2D eigenvalue weighted by Gasteiger charge is 2.27. The maximum atomic E-state index is 13.9. The van der Waals surface area contributed by atoms with E-state index in [4.69, 9.17) is 18.9 Å². The SMILES string of the molecule is COc1cc(COC(=O)[C@@H](NC(=O)c2ccccc2F)C(C)C)cc(OC)c1OC. The van der Waals surface area contributed by atoms with Crippen molar-refractivity contribution in [2.75, 3.05) is 21.3 Å². The minimum absolute atomic E-state index is 0.0751. The zero-order chi connectivity index (χ0) is 22.3. The average Bonchev–Trinajstić information content (AvgIpc) is 2.74. The lowest BCUT2D eigenvalue weighted by molar-refractivity contribution is -0.148. The average molecular weight is 419 g/mol. The Balaban J connectivity index is 2.12. The molecule has 0 unspecified atom stereocenters. The summed E-state index contributed by atoms with van der Waals surface area (Å²) < 4.78 is 35.1. The van der Waals surface area contributed by atoms with Crippen LogP contribution < -0.4 is 19.5 Å². The number of rotatable bonds is 9. The number of hydrogen-bond acceptors (Lipinski definition) is 6. The largest absolute Gasteiger partial charge is 0.493 e. The number of benzene rings is 2. The van der Waals surface area contributed by atoms with Gasteiger partial charge in [-0.25, -0.2) is 9.18 Å². The first-order chi connectivity index (χ1) is 14.3. The number of hydrogen-bond donors (Lipinski definition) is 1. The number of amides is 1. The fourth-order valence-corrected chi connectivity index (χ4v) is 2.83. The predicted molar refractivity (Wildman–Crippen MR) is 108 cm³/mol. The fourth-order valence-electron chi connectivity index (χ4n) is 2.83. The van der Waals surface area contributed by atoms with Gasteiger partial charge in [-0.2, -0.15) is 0 Å². The molecule has 8 heteroatoms. The van der Waals surface area contributed by atoms with Crippen LogP contribution in [-0.2, 0) is 16.1 Å². The van der Waals surface area contributed by atoms with Crippen LogP contribution in [-0.4, -0.2) is 39.2 Å². The quantitative estimate of drug-likeness (QED) is 0.628. The molecule has 30 heavy (non-hydrogen) atoms. The van der Waals surface area contributed by atoms with Crippen molar-refractivity contribution < 1.29 is 32.9 Å². The van der Waals surface area contributed by atoms with Gasteiger partial charge in [0.05, 0.1) is 26.9 Å². The number of halogens is 1. The van der Waals surface area contributed by atoms with Gasteiger partial charge < -0.3 is 24.3 Å². The van der Waals surface area contributed by atoms with Crippen molar-refractivity contribution in [2.45, 2.75) is 26.5 Å². The van der Waals surface area contributed by atoms with Crippen LogP contribution in [0.25, 0.3) is 0 Å². The summed E-state index contributed by atoms with van der Waals surface area (Å²) in [4.78, 5) is 25.0. The first kappa shape index (κ1) is 23.0. The lowest BCUT2D eigenvalue weighted by Crippen LogP contribution is -2.45. The van der Waals surface area contributed by atoms with E-state index in [0.29, 0.717) is 22.8 Å². The van der Waals surface area contributed by atoms with Gasteiger partial charge >= 0.3 is 5.97 Å². The van der Waals surface area contributed by atoms with Crippen molar-refractivity contribution in [1.29, 1.82) is 0 Å². The first-order valence-corrected chi connectivity index (χ1v) is 9.33. The summed E-state index contributed by atoms with van der Waals surface area (Å²) >= 11 is 0. The predicted octanol–water partition coefficient (Wildman–Crippen LogP) is 3.35. The van der Waals surface area contributed by atoms with Crippen LogP contribution in [0.1, 0.15) is 29.8 Å². The summed E-state index contributed by atoms with van der Waals surface area (Å²) in [6, 6.07) is 7.95. The molecule has 0 saturated heterocycles. The molecule has 0 aliphatic heterocycles. The number of esters is 1. The van der Waals surface area contributed by atoms with Gasteiger partial charge in [-0.05, 0) is 35.7 Å². The lowest BCUT2D eigenvalue weighted by atomic mass is 10.0. The number of methoxy groups -OCH3 is 3. The topological polar surface area (TPSA) is 83.1 Å². The highest BCUT2D eigenvalue weighted by molar-refractivity contribution is 5.97. The summed E-state index contributed by atoms with van der Waals surface area (Å²) in [6.45, 7) is 3.44. The second-order valence-corrected chi connectivity index (χ2v) is 6.82. The maximum Gasteiger partial charge on any atom is 0.329 e. The standard InChI is InChI=1S/C22H26FNO6/c1-13(2)19(24-21(25)15-8-6-7-9-16(15)23)22(26)30-12-14-10-17(27-3)20(29-5)18(11-14)28-4/h6-11,13,19H,12H2,1-5H3,(H,24,25)/t19-/m0/s1. The molecule has 2 aromatic carbocycles. The lowest BCUT2D eigenvalue weighted by Gasteiger charge is -2.21. The van der Waals surface area contributed by atoms with Crippen LogP contribution in [0.5, 0.6) is 17.2 Å². The molecule has 7 nitrogen and oxygen atoms in total. The Morgan fingerprint density at radius 3 is 2.10 bits per heavy atom. The number of carbonyl (C=O) groups is 2. The summed E-state index contributed by atoms with van der Waals surface area (Å²) in [6.07, 6.45) is 0. The molecule has 1 amide bonds. The van der Waals surface area contributed by atoms with Crippen molar-refractivity contribution in [2.24, 2.45) is 5.92 Å². The minimum Gasteiger partial charge on any atom is -0.493 e. The third-order valence-corrected chi connectivity index (χ3v) is 4.43. The van der Waals surface area contributed by atoms with Gasteiger partial charge in [0.25, 0.3) is 5.91 Å². The van der Waals surface area contributed by atoms with Crippen molar-refractivity contribution in [3.8, 4) is 17.2 Å². The maximum absolute atomic E-state index is 13.9. The van der Waals surface area contributed by atoms with Gasteiger partial charge in [0.2, 0.25) is 5.75 Å². The monoisotopic (exact) mass is 419 g/mol. The van der Waals surface area contributed by atoms with E-state index in [1.54, 1.807) is 32.0 Å². The molecule has 0 heterocycles. The molecule has 0 fully saturated rings. The molecule has 0 radical (unpaired) electrons. The van der Waals surface area contributed by atoms with Gasteiger partial charge in [-0.3, -0.25) is 4.79 Å².